The number of halogens is 1. The monoisotopic (exact) mass is 393 g/mol. The highest BCUT2D eigenvalue weighted by Crippen LogP contribution is 2.41. The molecule has 7 heteroatoms. The molecule has 28 heavy (non-hydrogen) atoms. The quantitative estimate of drug-likeness (QED) is 0.675. The summed E-state index contributed by atoms with van der Waals surface area (Å²) in [6, 6.07) is 14.2. The zero-order chi connectivity index (χ0) is 19.3. The number of imide groups is 1. The Morgan fingerprint density at radius 3 is 2.89 bits per heavy atom. The van der Waals surface area contributed by atoms with Crippen LogP contribution in [0.25, 0.3) is 10.9 Å². The number of carbonyl (C=O) groups is 2. The fourth-order valence-electron chi connectivity index (χ4n) is 4.01. The molecule has 5 rings (SSSR count). The Bertz CT molecular complexity index is 1130. The van der Waals surface area contributed by atoms with Gasteiger partial charge in [-0.3, -0.25) is 14.7 Å². The largest absolute Gasteiger partial charge is 0.493 e. The fourth-order valence-corrected chi connectivity index (χ4v) is 4.23. The van der Waals surface area contributed by atoms with Crippen LogP contribution in [0.3, 0.4) is 0 Å². The highest BCUT2D eigenvalue weighted by atomic mass is 35.5. The highest BCUT2D eigenvalue weighted by molar-refractivity contribution is 6.35. The molecular formula is C21H16ClN3O3. The van der Waals surface area contributed by atoms with Gasteiger partial charge in [-0.15, -0.1) is 0 Å². The molecule has 2 aromatic carbocycles. The van der Waals surface area contributed by atoms with Crippen molar-refractivity contribution in [2.24, 2.45) is 0 Å². The third-order valence-electron chi connectivity index (χ3n) is 5.39. The smallest absolute Gasteiger partial charge is 0.325 e. The summed E-state index contributed by atoms with van der Waals surface area (Å²) in [4.78, 5) is 31.8. The van der Waals surface area contributed by atoms with Crippen molar-refractivity contribution in [1.29, 1.82) is 0 Å². The lowest BCUT2D eigenvalue weighted by Gasteiger charge is -2.33. The van der Waals surface area contributed by atoms with Crippen LogP contribution < -0.4 is 10.1 Å². The molecule has 1 aromatic heterocycles. The van der Waals surface area contributed by atoms with Gasteiger partial charge in [-0.1, -0.05) is 35.9 Å². The van der Waals surface area contributed by atoms with Crippen molar-refractivity contribution in [1.82, 2.24) is 15.2 Å². The van der Waals surface area contributed by atoms with Crippen molar-refractivity contribution in [3.63, 3.8) is 0 Å². The van der Waals surface area contributed by atoms with E-state index in [-0.39, 0.29) is 12.5 Å². The van der Waals surface area contributed by atoms with Crippen molar-refractivity contribution in [2.45, 2.75) is 18.5 Å². The average Bonchev–Trinajstić information content (AvgIpc) is 2.95. The molecule has 0 saturated carbocycles. The van der Waals surface area contributed by atoms with Gasteiger partial charge in [0, 0.05) is 28.6 Å². The number of hydrogen-bond acceptors (Lipinski definition) is 4. The van der Waals surface area contributed by atoms with Gasteiger partial charge in [-0.25, -0.2) is 4.79 Å². The van der Waals surface area contributed by atoms with Crippen LogP contribution in [0.5, 0.6) is 5.75 Å². The Hall–Kier alpha value is -3.12. The van der Waals surface area contributed by atoms with Gasteiger partial charge in [0.2, 0.25) is 0 Å². The number of nitrogens with one attached hydrogen (secondary N) is 1. The Balaban J connectivity index is 1.55. The first-order valence-corrected chi connectivity index (χ1v) is 9.36. The standard InChI is InChI=1S/C21H16ClN3O3/c22-16-8-7-13(18-14(16)4-3-10-23-18)12-25-19(26)21(24-20(25)27)9-11-28-17-6-2-1-5-15(17)21/h1-8,10H,9,11-12H2,(H,24,27)/t21-/m1/s1. The maximum absolute atomic E-state index is 13.4. The van der Waals surface area contributed by atoms with Gasteiger partial charge >= 0.3 is 6.03 Å². The van der Waals surface area contributed by atoms with E-state index in [2.05, 4.69) is 10.3 Å². The summed E-state index contributed by atoms with van der Waals surface area (Å²) in [6.07, 6.45) is 2.06. The van der Waals surface area contributed by atoms with E-state index >= 15 is 0 Å². The first kappa shape index (κ1) is 17.0. The molecule has 3 heterocycles. The van der Waals surface area contributed by atoms with Gasteiger partial charge in [-0.05, 0) is 29.8 Å². The number of ether oxygens (including phenoxy) is 1. The van der Waals surface area contributed by atoms with Gasteiger partial charge in [0.15, 0.2) is 5.54 Å². The molecule has 3 aromatic rings. The van der Waals surface area contributed by atoms with Crippen molar-refractivity contribution in [2.75, 3.05) is 6.61 Å². The molecule has 2 aliphatic rings. The molecule has 1 fully saturated rings. The summed E-state index contributed by atoms with van der Waals surface area (Å²) < 4.78 is 5.67. The normalized spacial score (nSPS) is 21.0. The average molecular weight is 394 g/mol. The number of rotatable bonds is 2. The fraction of sp³-hybridized carbons (Fsp3) is 0.190. The van der Waals surface area contributed by atoms with Crippen LogP contribution in [0, 0.1) is 0 Å². The highest BCUT2D eigenvalue weighted by Gasteiger charge is 2.54. The van der Waals surface area contributed by atoms with E-state index in [4.69, 9.17) is 16.3 Å². The van der Waals surface area contributed by atoms with Crippen LogP contribution in [0.4, 0.5) is 4.79 Å². The molecule has 1 spiro atoms. The van der Waals surface area contributed by atoms with E-state index in [1.165, 1.54) is 4.90 Å². The zero-order valence-corrected chi connectivity index (χ0v) is 15.6. The first-order valence-electron chi connectivity index (χ1n) is 8.99. The lowest BCUT2D eigenvalue weighted by Crippen LogP contribution is -2.47. The van der Waals surface area contributed by atoms with Gasteiger partial charge in [-0.2, -0.15) is 0 Å². The Morgan fingerprint density at radius 2 is 2.00 bits per heavy atom. The molecule has 0 bridgehead atoms. The number of fused-ring (bicyclic) bond motifs is 3. The van der Waals surface area contributed by atoms with E-state index in [0.717, 1.165) is 10.9 Å². The number of hydrogen-bond donors (Lipinski definition) is 1. The van der Waals surface area contributed by atoms with Crippen LogP contribution in [-0.2, 0) is 16.9 Å². The first-order chi connectivity index (χ1) is 13.6. The molecular weight excluding hydrogens is 378 g/mol. The lowest BCUT2D eigenvalue weighted by atomic mass is 9.84. The summed E-state index contributed by atoms with van der Waals surface area (Å²) in [5.74, 6) is 0.357. The number of benzene rings is 2. The van der Waals surface area contributed by atoms with E-state index in [1.807, 2.05) is 30.3 Å². The number of nitrogens with zero attached hydrogens (tertiary/aromatic N) is 2. The third-order valence-corrected chi connectivity index (χ3v) is 5.72. The minimum absolute atomic E-state index is 0.125. The second-order valence-corrected chi connectivity index (χ2v) is 7.33. The molecule has 3 amide bonds. The van der Waals surface area contributed by atoms with Crippen molar-refractivity contribution in [3.05, 3.63) is 70.9 Å². The summed E-state index contributed by atoms with van der Waals surface area (Å²) >= 11 is 6.26. The number of para-hydroxylation sites is 1. The minimum atomic E-state index is -1.08. The second kappa shape index (κ2) is 6.21. The predicted octanol–water partition coefficient (Wildman–Crippen LogP) is 3.62. The van der Waals surface area contributed by atoms with Crippen molar-refractivity contribution >= 4 is 34.4 Å². The van der Waals surface area contributed by atoms with E-state index in [1.54, 1.807) is 24.4 Å². The predicted molar refractivity (Wildman–Crippen MR) is 104 cm³/mol. The van der Waals surface area contributed by atoms with Crippen molar-refractivity contribution in [3.8, 4) is 5.75 Å². The van der Waals surface area contributed by atoms with Crippen LogP contribution in [0.15, 0.2) is 54.7 Å². The number of amides is 3. The van der Waals surface area contributed by atoms with Crippen LogP contribution in [-0.4, -0.2) is 28.4 Å². The van der Waals surface area contributed by atoms with Crippen LogP contribution in [0.2, 0.25) is 5.02 Å². The number of urea groups is 1. The molecule has 0 radical (unpaired) electrons. The van der Waals surface area contributed by atoms with Crippen LogP contribution >= 0.6 is 11.6 Å². The number of aromatic nitrogens is 1. The lowest BCUT2D eigenvalue weighted by molar-refractivity contribution is -0.133. The molecule has 1 atom stereocenters. The summed E-state index contributed by atoms with van der Waals surface area (Å²) in [5.41, 5.74) is 1.06. The van der Waals surface area contributed by atoms with Gasteiger partial charge in [0.25, 0.3) is 5.91 Å². The maximum atomic E-state index is 13.4. The Kier molecular flexibility index (Phi) is 3.77. The number of pyridine rings is 1. The van der Waals surface area contributed by atoms with Crippen molar-refractivity contribution < 1.29 is 14.3 Å². The van der Waals surface area contributed by atoms with E-state index < -0.39 is 11.6 Å². The molecule has 140 valence electrons. The zero-order valence-electron chi connectivity index (χ0n) is 14.8. The number of carbonyl (C=O) groups excluding carboxylic acids is 2. The summed E-state index contributed by atoms with van der Waals surface area (Å²) in [6.45, 7) is 0.489. The van der Waals surface area contributed by atoms with E-state index in [9.17, 15) is 9.59 Å². The van der Waals surface area contributed by atoms with E-state index in [0.29, 0.717) is 34.9 Å². The van der Waals surface area contributed by atoms with Gasteiger partial charge in [0.1, 0.15) is 5.75 Å². The molecule has 1 saturated heterocycles. The van der Waals surface area contributed by atoms with Crippen LogP contribution in [0.1, 0.15) is 17.5 Å². The van der Waals surface area contributed by atoms with Gasteiger partial charge < -0.3 is 10.1 Å². The molecule has 2 aliphatic heterocycles. The maximum Gasteiger partial charge on any atom is 0.325 e. The molecule has 6 nitrogen and oxygen atoms in total. The Morgan fingerprint density at radius 1 is 1.14 bits per heavy atom. The molecule has 1 N–H and O–H groups in total. The molecule has 0 unspecified atom stereocenters. The third kappa shape index (κ3) is 2.38. The SMILES string of the molecule is O=C1N[C@@]2(CCOc3ccccc32)C(=O)N1Cc1ccc(Cl)c2cccnc12. The minimum Gasteiger partial charge on any atom is -0.493 e. The summed E-state index contributed by atoms with van der Waals surface area (Å²) in [7, 11) is 0. The Labute approximate surface area is 166 Å². The van der Waals surface area contributed by atoms with Gasteiger partial charge in [0.05, 0.1) is 18.7 Å². The summed E-state index contributed by atoms with van der Waals surface area (Å²) in [5, 5.41) is 4.29. The second-order valence-electron chi connectivity index (χ2n) is 6.93. The topological polar surface area (TPSA) is 71.5 Å². The molecule has 0 aliphatic carbocycles.